The Balaban J connectivity index is 2.07. The van der Waals surface area contributed by atoms with E-state index in [0.29, 0.717) is 11.3 Å². The van der Waals surface area contributed by atoms with Crippen molar-refractivity contribution in [2.45, 2.75) is 13.8 Å². The lowest BCUT2D eigenvalue weighted by atomic mass is 9.90. The number of rotatable bonds is 5. The summed E-state index contributed by atoms with van der Waals surface area (Å²) in [4.78, 5) is 36.4. The largest absolute Gasteiger partial charge is 0.465 e. The van der Waals surface area contributed by atoms with E-state index >= 15 is 0 Å². The molecule has 6 nitrogen and oxygen atoms in total. The topological polar surface area (TPSA) is 84.5 Å². The molecule has 0 aromatic heterocycles. The number of carbonyl (C=O) groups excluding carboxylic acids is 3. The molecule has 0 aliphatic carbocycles. The Kier molecular flexibility index (Phi) is 6.17. The lowest BCUT2D eigenvalue weighted by Crippen LogP contribution is -2.41. The Morgan fingerprint density at radius 2 is 1.48 bits per heavy atom. The highest BCUT2D eigenvalue weighted by molar-refractivity contribution is 6.31. The molecule has 27 heavy (non-hydrogen) atoms. The molecule has 0 aliphatic heterocycles. The van der Waals surface area contributed by atoms with Gasteiger partial charge in [-0.05, 0) is 56.3 Å². The third-order valence-electron chi connectivity index (χ3n) is 3.88. The summed E-state index contributed by atoms with van der Waals surface area (Å²) in [6.45, 7) is 2.90. The number of carbonyl (C=O) groups is 3. The van der Waals surface area contributed by atoms with Crippen LogP contribution in [0.4, 0.5) is 15.8 Å². The Bertz CT molecular complexity index is 882. The van der Waals surface area contributed by atoms with Gasteiger partial charge in [-0.1, -0.05) is 11.6 Å². The summed E-state index contributed by atoms with van der Waals surface area (Å²) >= 11 is 5.69. The van der Waals surface area contributed by atoms with Crippen LogP contribution in [0.15, 0.2) is 42.5 Å². The molecule has 0 saturated heterocycles. The van der Waals surface area contributed by atoms with Crippen LogP contribution >= 0.6 is 11.6 Å². The number of ether oxygens (including phenoxy) is 1. The molecular weight excluding hydrogens is 375 g/mol. The summed E-state index contributed by atoms with van der Waals surface area (Å²) in [5, 5.41) is 5.01. The van der Waals surface area contributed by atoms with Crippen molar-refractivity contribution in [1.29, 1.82) is 0 Å². The maximum absolute atomic E-state index is 13.2. The van der Waals surface area contributed by atoms with Crippen LogP contribution in [0, 0.1) is 11.2 Å². The monoisotopic (exact) mass is 392 g/mol. The van der Waals surface area contributed by atoms with Crippen LogP contribution in [-0.2, 0) is 14.3 Å². The van der Waals surface area contributed by atoms with Gasteiger partial charge in [0, 0.05) is 11.4 Å². The second kappa shape index (κ2) is 8.18. The van der Waals surface area contributed by atoms with E-state index in [9.17, 15) is 18.8 Å². The number of esters is 1. The molecular formula is C19H18ClFN2O4. The second-order valence-electron chi connectivity index (χ2n) is 6.23. The van der Waals surface area contributed by atoms with Crippen molar-refractivity contribution >= 4 is 40.8 Å². The summed E-state index contributed by atoms with van der Waals surface area (Å²) in [7, 11) is 1.27. The number of amides is 2. The number of hydrogen-bond acceptors (Lipinski definition) is 4. The average molecular weight is 393 g/mol. The van der Waals surface area contributed by atoms with E-state index in [4.69, 9.17) is 11.6 Å². The number of anilines is 2. The Hall–Kier alpha value is -2.93. The first-order valence-corrected chi connectivity index (χ1v) is 8.29. The molecule has 0 bridgehead atoms. The first kappa shape index (κ1) is 20.4. The van der Waals surface area contributed by atoms with Crippen molar-refractivity contribution in [1.82, 2.24) is 0 Å². The minimum absolute atomic E-state index is 0.138. The summed E-state index contributed by atoms with van der Waals surface area (Å²) in [5.74, 6) is -2.25. The normalized spacial score (nSPS) is 10.9. The minimum atomic E-state index is -1.43. The van der Waals surface area contributed by atoms with Gasteiger partial charge in [0.05, 0.1) is 17.7 Å². The Morgan fingerprint density at radius 1 is 0.963 bits per heavy atom. The van der Waals surface area contributed by atoms with Crippen LogP contribution in [0.5, 0.6) is 0 Å². The van der Waals surface area contributed by atoms with Gasteiger partial charge in [-0.2, -0.15) is 0 Å². The zero-order valence-corrected chi connectivity index (χ0v) is 15.7. The van der Waals surface area contributed by atoms with Gasteiger partial charge in [0.2, 0.25) is 11.8 Å². The van der Waals surface area contributed by atoms with Gasteiger partial charge < -0.3 is 15.4 Å². The standard InChI is InChI=1S/C19H18ClFN2O4/c1-19(2,18(26)23-13-8-9-15(21)14(20)10-13)17(25)22-12-6-4-11(5-7-12)16(24)27-3/h4-10H,1-3H3,(H,22,25)(H,23,26). The van der Waals surface area contributed by atoms with Crippen LogP contribution in [0.1, 0.15) is 24.2 Å². The first-order valence-electron chi connectivity index (χ1n) is 7.91. The lowest BCUT2D eigenvalue weighted by molar-refractivity contribution is -0.135. The Labute approximate surface area is 160 Å². The van der Waals surface area contributed by atoms with Crippen LogP contribution in [-0.4, -0.2) is 24.9 Å². The van der Waals surface area contributed by atoms with Crippen LogP contribution in [0.2, 0.25) is 5.02 Å². The molecule has 142 valence electrons. The molecule has 0 heterocycles. The number of methoxy groups -OCH3 is 1. The fraction of sp³-hybridized carbons (Fsp3) is 0.211. The summed E-state index contributed by atoms with van der Waals surface area (Å²) in [6, 6.07) is 9.76. The minimum Gasteiger partial charge on any atom is -0.465 e. The first-order chi connectivity index (χ1) is 12.6. The zero-order valence-electron chi connectivity index (χ0n) is 14.9. The van der Waals surface area contributed by atoms with Gasteiger partial charge in [0.15, 0.2) is 0 Å². The summed E-state index contributed by atoms with van der Waals surface area (Å²) in [6.07, 6.45) is 0. The number of nitrogens with one attached hydrogen (secondary N) is 2. The van der Waals surface area contributed by atoms with Gasteiger partial charge in [-0.25, -0.2) is 9.18 Å². The molecule has 8 heteroatoms. The van der Waals surface area contributed by atoms with E-state index in [1.165, 1.54) is 57.4 Å². The fourth-order valence-corrected chi connectivity index (χ4v) is 2.24. The molecule has 0 radical (unpaired) electrons. The van der Waals surface area contributed by atoms with Crippen molar-refractivity contribution in [3.8, 4) is 0 Å². The van der Waals surface area contributed by atoms with Gasteiger partial charge in [-0.15, -0.1) is 0 Å². The molecule has 0 fully saturated rings. The maximum Gasteiger partial charge on any atom is 0.337 e. The third kappa shape index (κ3) is 4.83. The van der Waals surface area contributed by atoms with Crippen LogP contribution < -0.4 is 10.6 Å². The van der Waals surface area contributed by atoms with Gasteiger partial charge in [0.25, 0.3) is 0 Å². The lowest BCUT2D eigenvalue weighted by Gasteiger charge is -2.23. The van der Waals surface area contributed by atoms with Gasteiger partial charge in [-0.3, -0.25) is 9.59 Å². The number of benzene rings is 2. The smallest absolute Gasteiger partial charge is 0.337 e. The predicted molar refractivity (Wildman–Crippen MR) is 100 cm³/mol. The zero-order chi connectivity index (χ0) is 20.2. The van der Waals surface area contributed by atoms with E-state index in [2.05, 4.69) is 15.4 Å². The number of hydrogen-bond donors (Lipinski definition) is 2. The third-order valence-corrected chi connectivity index (χ3v) is 4.17. The summed E-state index contributed by atoms with van der Waals surface area (Å²) in [5.41, 5.74) is -0.407. The maximum atomic E-state index is 13.2. The molecule has 0 saturated carbocycles. The van der Waals surface area contributed by atoms with E-state index in [-0.39, 0.29) is 10.7 Å². The highest BCUT2D eigenvalue weighted by Crippen LogP contribution is 2.24. The van der Waals surface area contributed by atoms with E-state index in [1.807, 2.05) is 0 Å². The second-order valence-corrected chi connectivity index (χ2v) is 6.64. The van der Waals surface area contributed by atoms with Crippen molar-refractivity contribution in [3.05, 3.63) is 58.9 Å². The van der Waals surface area contributed by atoms with E-state index < -0.39 is 29.0 Å². The molecule has 0 aliphatic rings. The van der Waals surface area contributed by atoms with E-state index in [1.54, 1.807) is 0 Å². The quantitative estimate of drug-likeness (QED) is 0.597. The highest BCUT2D eigenvalue weighted by atomic mass is 35.5. The predicted octanol–water partition coefficient (Wildman–Crippen LogP) is 3.87. The molecule has 2 aromatic rings. The summed E-state index contributed by atoms with van der Waals surface area (Å²) < 4.78 is 17.8. The van der Waals surface area contributed by atoms with Crippen molar-refractivity contribution < 1.29 is 23.5 Å². The Morgan fingerprint density at radius 3 is 2.00 bits per heavy atom. The molecule has 2 N–H and O–H groups in total. The SMILES string of the molecule is COC(=O)c1ccc(NC(=O)C(C)(C)C(=O)Nc2ccc(F)c(Cl)c2)cc1. The van der Waals surface area contributed by atoms with E-state index in [0.717, 1.165) is 6.07 Å². The molecule has 2 amide bonds. The van der Waals surface area contributed by atoms with Crippen LogP contribution in [0.25, 0.3) is 0 Å². The molecule has 2 aromatic carbocycles. The van der Waals surface area contributed by atoms with Crippen molar-refractivity contribution in [2.75, 3.05) is 17.7 Å². The van der Waals surface area contributed by atoms with Crippen LogP contribution in [0.3, 0.4) is 0 Å². The molecule has 2 rings (SSSR count). The molecule has 0 atom stereocenters. The highest BCUT2D eigenvalue weighted by Gasteiger charge is 2.36. The van der Waals surface area contributed by atoms with Gasteiger partial charge >= 0.3 is 5.97 Å². The molecule has 0 unspecified atom stereocenters. The van der Waals surface area contributed by atoms with Crippen molar-refractivity contribution in [3.63, 3.8) is 0 Å². The van der Waals surface area contributed by atoms with Crippen molar-refractivity contribution in [2.24, 2.45) is 5.41 Å². The van der Waals surface area contributed by atoms with Gasteiger partial charge in [0.1, 0.15) is 11.2 Å². The average Bonchev–Trinajstić information content (AvgIpc) is 2.64. The molecule has 0 spiro atoms. The fourth-order valence-electron chi connectivity index (χ4n) is 2.06. The number of halogens is 2.